The van der Waals surface area contributed by atoms with Gasteiger partial charge in [-0.1, -0.05) is 19.3 Å². The Bertz CT molecular complexity index is 722. The van der Waals surface area contributed by atoms with E-state index in [1.54, 1.807) is 0 Å². The van der Waals surface area contributed by atoms with Gasteiger partial charge in [-0.2, -0.15) is 0 Å². The number of aromatic nitrogens is 1. The molecule has 28 heavy (non-hydrogen) atoms. The first-order chi connectivity index (χ1) is 13.6. The van der Waals surface area contributed by atoms with Crippen LogP contribution < -0.4 is 0 Å². The van der Waals surface area contributed by atoms with E-state index < -0.39 is 0 Å². The molecule has 3 unspecified atom stereocenters. The van der Waals surface area contributed by atoms with E-state index in [1.165, 1.54) is 25.7 Å². The van der Waals surface area contributed by atoms with Crippen molar-refractivity contribution in [3.05, 3.63) is 24.5 Å². The van der Waals surface area contributed by atoms with Crippen molar-refractivity contribution in [1.82, 2.24) is 14.4 Å². The summed E-state index contributed by atoms with van der Waals surface area (Å²) in [5, 5.41) is 0. The molecule has 0 N–H and O–H groups in total. The Labute approximate surface area is 168 Å². The highest BCUT2D eigenvalue weighted by Gasteiger charge is 2.46. The quantitative estimate of drug-likeness (QED) is 0.803. The van der Waals surface area contributed by atoms with E-state index in [-0.39, 0.29) is 5.54 Å². The van der Waals surface area contributed by atoms with E-state index in [9.17, 15) is 9.59 Å². The predicted molar refractivity (Wildman–Crippen MR) is 108 cm³/mol. The van der Waals surface area contributed by atoms with Crippen molar-refractivity contribution in [1.29, 1.82) is 0 Å². The van der Waals surface area contributed by atoms with Gasteiger partial charge in [0, 0.05) is 44.5 Å². The Morgan fingerprint density at radius 2 is 1.82 bits per heavy atom. The smallest absolute Gasteiger partial charge is 0.224 e. The zero-order chi connectivity index (χ0) is 19.1. The molecule has 5 nitrogen and oxygen atoms in total. The molecule has 2 bridgehead atoms. The first-order valence-corrected chi connectivity index (χ1v) is 11.4. The first kappa shape index (κ1) is 18.3. The van der Waals surface area contributed by atoms with E-state index in [4.69, 9.17) is 0 Å². The van der Waals surface area contributed by atoms with E-state index in [0.29, 0.717) is 36.1 Å². The van der Waals surface area contributed by atoms with Crippen LogP contribution in [0.4, 0.5) is 0 Å². The Morgan fingerprint density at radius 3 is 2.61 bits per heavy atom. The monoisotopic (exact) mass is 383 g/mol. The van der Waals surface area contributed by atoms with Gasteiger partial charge in [0.05, 0.1) is 12.0 Å². The maximum absolute atomic E-state index is 13.5. The second-order valence-corrected chi connectivity index (χ2v) is 9.72. The minimum absolute atomic E-state index is 0.0295. The van der Waals surface area contributed by atoms with Crippen LogP contribution in [0.2, 0.25) is 0 Å². The predicted octanol–water partition coefficient (Wildman–Crippen LogP) is 3.40. The van der Waals surface area contributed by atoms with Gasteiger partial charge in [-0.3, -0.25) is 9.59 Å². The molecule has 3 aliphatic heterocycles. The molecule has 4 fully saturated rings. The highest BCUT2D eigenvalue weighted by atomic mass is 16.2. The van der Waals surface area contributed by atoms with Gasteiger partial charge in [-0.25, -0.2) is 0 Å². The molecule has 3 atom stereocenters. The fourth-order valence-corrected chi connectivity index (χ4v) is 6.59. The van der Waals surface area contributed by atoms with Crippen LogP contribution in [0.1, 0.15) is 64.2 Å². The molecule has 5 heteroatoms. The molecule has 3 saturated heterocycles. The van der Waals surface area contributed by atoms with Gasteiger partial charge >= 0.3 is 0 Å². The summed E-state index contributed by atoms with van der Waals surface area (Å²) in [5.74, 6) is 1.63. The topological polar surface area (TPSA) is 45.6 Å². The van der Waals surface area contributed by atoms with Gasteiger partial charge in [0.25, 0.3) is 0 Å². The van der Waals surface area contributed by atoms with E-state index >= 15 is 0 Å². The van der Waals surface area contributed by atoms with Crippen molar-refractivity contribution >= 4 is 11.8 Å². The standard InChI is InChI=1S/C23H33N3O2/c27-21-8-6-7-20-19-13-18(16-26(20)21)15-24(17-19)22(28)14-23(9-2-1-3-10-23)25-11-4-5-12-25/h4-5,11-12,18-20H,1-3,6-10,13-17H2. The Kier molecular flexibility index (Phi) is 4.72. The van der Waals surface area contributed by atoms with Crippen LogP contribution >= 0.6 is 0 Å². The van der Waals surface area contributed by atoms with Crippen LogP contribution in [0.15, 0.2) is 24.5 Å². The number of likely N-dealkylation sites (tertiary alicyclic amines) is 1. The normalized spacial score (nSPS) is 32.1. The summed E-state index contributed by atoms with van der Waals surface area (Å²) < 4.78 is 2.32. The molecule has 1 aromatic heterocycles. The Balaban J connectivity index is 1.31. The summed E-state index contributed by atoms with van der Waals surface area (Å²) in [6, 6.07) is 4.54. The Morgan fingerprint density at radius 1 is 1.04 bits per heavy atom. The lowest BCUT2D eigenvalue weighted by atomic mass is 9.75. The van der Waals surface area contributed by atoms with Crippen LogP contribution in [0.5, 0.6) is 0 Å². The van der Waals surface area contributed by atoms with Gasteiger partial charge in [0.1, 0.15) is 0 Å². The number of hydrogen-bond acceptors (Lipinski definition) is 2. The van der Waals surface area contributed by atoms with Gasteiger partial charge in [0.2, 0.25) is 11.8 Å². The molecule has 4 aliphatic rings. The largest absolute Gasteiger partial charge is 0.348 e. The van der Waals surface area contributed by atoms with Crippen LogP contribution in [0.3, 0.4) is 0 Å². The van der Waals surface area contributed by atoms with Gasteiger partial charge in [0.15, 0.2) is 0 Å². The minimum Gasteiger partial charge on any atom is -0.348 e. The van der Waals surface area contributed by atoms with Crippen molar-refractivity contribution < 1.29 is 9.59 Å². The summed E-state index contributed by atoms with van der Waals surface area (Å²) in [6.07, 6.45) is 14.9. The zero-order valence-corrected chi connectivity index (χ0v) is 16.9. The molecule has 1 aromatic rings. The summed E-state index contributed by atoms with van der Waals surface area (Å²) in [5.41, 5.74) is -0.0295. The molecule has 2 amide bonds. The fourth-order valence-electron chi connectivity index (χ4n) is 6.59. The van der Waals surface area contributed by atoms with Gasteiger partial charge in [-0.15, -0.1) is 0 Å². The minimum atomic E-state index is -0.0295. The second kappa shape index (κ2) is 7.23. The highest BCUT2D eigenvalue weighted by Crippen LogP contribution is 2.41. The summed E-state index contributed by atoms with van der Waals surface area (Å²) in [6.45, 7) is 2.56. The SMILES string of the molecule is O=C(CC1(n2cccc2)CCCCC1)N1CC2CC(C1)C1CCCC(=O)N1C2. The lowest BCUT2D eigenvalue weighted by Gasteiger charge is -2.52. The third kappa shape index (κ3) is 3.17. The molecule has 5 rings (SSSR count). The summed E-state index contributed by atoms with van der Waals surface area (Å²) in [4.78, 5) is 30.1. The number of fused-ring (bicyclic) bond motifs is 4. The van der Waals surface area contributed by atoms with Crippen molar-refractivity contribution in [2.45, 2.75) is 75.8 Å². The van der Waals surface area contributed by atoms with E-state index in [1.807, 2.05) is 0 Å². The molecule has 1 saturated carbocycles. The number of amides is 2. The van der Waals surface area contributed by atoms with Crippen LogP contribution in [0, 0.1) is 11.8 Å². The van der Waals surface area contributed by atoms with Crippen molar-refractivity contribution in [2.75, 3.05) is 19.6 Å². The van der Waals surface area contributed by atoms with Crippen molar-refractivity contribution in [3.63, 3.8) is 0 Å². The number of carbonyl (C=O) groups is 2. The number of nitrogens with zero attached hydrogens (tertiary/aromatic N) is 3. The molecule has 0 radical (unpaired) electrons. The number of rotatable bonds is 3. The average Bonchev–Trinajstić information content (AvgIpc) is 3.25. The molecule has 4 heterocycles. The van der Waals surface area contributed by atoms with Crippen LogP contribution in [0.25, 0.3) is 0 Å². The fraction of sp³-hybridized carbons (Fsp3) is 0.739. The average molecular weight is 384 g/mol. The summed E-state index contributed by atoms with van der Waals surface area (Å²) >= 11 is 0. The molecule has 0 aromatic carbocycles. The third-order valence-electron chi connectivity index (χ3n) is 7.95. The van der Waals surface area contributed by atoms with Crippen molar-refractivity contribution in [2.24, 2.45) is 11.8 Å². The maximum atomic E-state index is 13.5. The molecule has 0 spiro atoms. The van der Waals surface area contributed by atoms with Crippen molar-refractivity contribution in [3.8, 4) is 0 Å². The highest BCUT2D eigenvalue weighted by molar-refractivity contribution is 5.79. The number of carbonyl (C=O) groups excluding carboxylic acids is 2. The third-order valence-corrected chi connectivity index (χ3v) is 7.95. The maximum Gasteiger partial charge on any atom is 0.224 e. The second-order valence-electron chi connectivity index (χ2n) is 9.72. The van der Waals surface area contributed by atoms with E-state index in [0.717, 1.165) is 51.7 Å². The number of piperidine rings is 3. The first-order valence-electron chi connectivity index (χ1n) is 11.4. The van der Waals surface area contributed by atoms with Gasteiger partial charge in [-0.05, 0) is 56.1 Å². The van der Waals surface area contributed by atoms with Gasteiger partial charge < -0.3 is 14.4 Å². The van der Waals surface area contributed by atoms with E-state index in [2.05, 4.69) is 38.9 Å². The lowest BCUT2D eigenvalue weighted by molar-refractivity contribution is -0.149. The zero-order valence-electron chi connectivity index (χ0n) is 16.9. The van der Waals surface area contributed by atoms with Crippen LogP contribution in [-0.2, 0) is 15.1 Å². The van der Waals surface area contributed by atoms with Crippen LogP contribution in [-0.4, -0.2) is 51.9 Å². The lowest BCUT2D eigenvalue weighted by Crippen LogP contribution is -2.61. The molecular formula is C23H33N3O2. The Hall–Kier alpha value is -1.78. The molecule has 152 valence electrons. The molecule has 1 aliphatic carbocycles. The summed E-state index contributed by atoms with van der Waals surface area (Å²) in [7, 11) is 0. The number of hydrogen-bond donors (Lipinski definition) is 0. The molecular weight excluding hydrogens is 350 g/mol.